The van der Waals surface area contributed by atoms with Gasteiger partial charge in [0.15, 0.2) is 0 Å². The summed E-state index contributed by atoms with van der Waals surface area (Å²) in [6.45, 7) is 10.9. The maximum atomic E-state index is 12.4. The Balaban J connectivity index is 1.19. The van der Waals surface area contributed by atoms with Gasteiger partial charge in [-0.3, -0.25) is 9.88 Å². The molecule has 0 aliphatic carbocycles. The normalized spacial score (nSPS) is 14.3. The topological polar surface area (TPSA) is 121 Å². The molecule has 0 bridgehead atoms. The molecule has 4 heterocycles. The van der Waals surface area contributed by atoms with Crippen molar-refractivity contribution in [2.24, 2.45) is 0 Å². The van der Waals surface area contributed by atoms with Crippen LogP contribution in [0.25, 0.3) is 22.3 Å². The average Bonchev–Trinajstić information content (AvgIpc) is 3.37. The number of hydrogen-bond donors (Lipinski definition) is 2. The van der Waals surface area contributed by atoms with Crippen LogP contribution in [0, 0.1) is 0 Å². The standard InChI is InChI=1S/C31H40N8O3/c1-31(2,3)42-30(40)39-13-11-38(12-14-39)20-22-8-10-32-24(16-22)18-29-36-25-7-6-23(17-27(25)37-29)26-19-28(35-21-34-26)33-9-5-15-41-4/h6-8,10,16-17,19,21H,5,9,11-15,18,20H2,1-4H3,(H,36,37)(H,33,34,35). The summed E-state index contributed by atoms with van der Waals surface area (Å²) < 4.78 is 10.6. The van der Waals surface area contributed by atoms with E-state index in [1.807, 2.05) is 45.2 Å². The molecule has 3 aromatic heterocycles. The van der Waals surface area contributed by atoms with E-state index in [1.165, 1.54) is 5.56 Å². The zero-order valence-corrected chi connectivity index (χ0v) is 24.9. The van der Waals surface area contributed by atoms with Gasteiger partial charge in [0.2, 0.25) is 0 Å². The number of nitrogens with zero attached hydrogens (tertiary/aromatic N) is 6. The summed E-state index contributed by atoms with van der Waals surface area (Å²) in [5.74, 6) is 1.65. The molecule has 0 unspecified atom stereocenters. The molecule has 4 aromatic rings. The third-order valence-corrected chi connectivity index (χ3v) is 6.98. The number of H-pyrrole nitrogens is 1. The first-order valence-electron chi connectivity index (χ1n) is 14.4. The van der Waals surface area contributed by atoms with Crippen LogP contribution in [0.2, 0.25) is 0 Å². The minimum atomic E-state index is -0.480. The van der Waals surface area contributed by atoms with Crippen LogP contribution in [0.5, 0.6) is 0 Å². The number of carbonyl (C=O) groups excluding carboxylic acids is 1. The Bertz CT molecular complexity index is 1490. The number of pyridine rings is 1. The second-order valence-corrected chi connectivity index (χ2v) is 11.6. The van der Waals surface area contributed by atoms with E-state index in [-0.39, 0.29) is 6.09 Å². The molecule has 0 spiro atoms. The Morgan fingerprint density at radius 2 is 1.88 bits per heavy atom. The molecular weight excluding hydrogens is 532 g/mol. The number of hydrogen-bond acceptors (Lipinski definition) is 9. The van der Waals surface area contributed by atoms with Gasteiger partial charge in [-0.05, 0) is 57.0 Å². The van der Waals surface area contributed by atoms with E-state index in [4.69, 9.17) is 14.5 Å². The molecule has 0 atom stereocenters. The third kappa shape index (κ3) is 8.01. The molecule has 1 aliphatic rings. The Labute approximate surface area is 246 Å². The van der Waals surface area contributed by atoms with Gasteiger partial charge in [0, 0.05) is 82.9 Å². The SMILES string of the molecule is COCCCNc1cc(-c2ccc3nc(Cc4cc(CN5CCN(C(=O)OC(C)(C)C)CC5)ccn4)[nH]c3c2)ncn1. The van der Waals surface area contributed by atoms with Gasteiger partial charge in [0.1, 0.15) is 23.6 Å². The Kier molecular flexibility index (Phi) is 9.28. The van der Waals surface area contributed by atoms with Gasteiger partial charge in [0.05, 0.1) is 16.7 Å². The quantitative estimate of drug-likeness (QED) is 0.264. The number of piperazine rings is 1. The number of benzene rings is 1. The lowest BCUT2D eigenvalue weighted by atomic mass is 10.1. The number of imidazole rings is 1. The number of fused-ring (bicyclic) bond motifs is 1. The molecule has 5 rings (SSSR count). The molecule has 11 nitrogen and oxygen atoms in total. The highest BCUT2D eigenvalue weighted by atomic mass is 16.6. The zero-order valence-electron chi connectivity index (χ0n) is 24.9. The number of rotatable bonds is 10. The van der Waals surface area contributed by atoms with E-state index >= 15 is 0 Å². The summed E-state index contributed by atoms with van der Waals surface area (Å²) in [6.07, 6.45) is 4.71. The largest absolute Gasteiger partial charge is 0.444 e. The Morgan fingerprint density at radius 1 is 1.05 bits per heavy atom. The van der Waals surface area contributed by atoms with E-state index in [0.717, 1.165) is 72.2 Å². The fourth-order valence-electron chi connectivity index (χ4n) is 4.92. The molecule has 1 saturated heterocycles. The number of ether oxygens (including phenoxy) is 2. The first-order chi connectivity index (χ1) is 20.3. The fourth-order valence-corrected chi connectivity index (χ4v) is 4.92. The van der Waals surface area contributed by atoms with E-state index in [0.29, 0.717) is 26.1 Å². The average molecular weight is 573 g/mol. The Morgan fingerprint density at radius 3 is 2.67 bits per heavy atom. The van der Waals surface area contributed by atoms with E-state index in [1.54, 1.807) is 18.3 Å². The van der Waals surface area contributed by atoms with Gasteiger partial charge in [-0.25, -0.2) is 19.7 Å². The lowest BCUT2D eigenvalue weighted by Gasteiger charge is -2.35. The lowest BCUT2D eigenvalue weighted by Crippen LogP contribution is -2.49. The van der Waals surface area contributed by atoms with Crippen LogP contribution < -0.4 is 5.32 Å². The third-order valence-electron chi connectivity index (χ3n) is 6.98. The molecule has 0 radical (unpaired) electrons. The van der Waals surface area contributed by atoms with Crippen LogP contribution in [0.3, 0.4) is 0 Å². The van der Waals surface area contributed by atoms with Gasteiger partial charge in [0.25, 0.3) is 0 Å². The fraction of sp³-hybridized carbons (Fsp3) is 0.452. The van der Waals surface area contributed by atoms with Crippen LogP contribution in [-0.4, -0.2) is 92.9 Å². The molecule has 1 amide bonds. The summed E-state index contributed by atoms with van der Waals surface area (Å²) in [6, 6.07) is 12.3. The summed E-state index contributed by atoms with van der Waals surface area (Å²) in [4.78, 5) is 38.2. The van der Waals surface area contributed by atoms with Crippen LogP contribution in [-0.2, 0) is 22.4 Å². The Hall–Kier alpha value is -4.09. The second-order valence-electron chi connectivity index (χ2n) is 11.6. The van der Waals surface area contributed by atoms with Crippen LogP contribution in [0.15, 0.2) is 48.9 Å². The number of amides is 1. The molecule has 222 valence electrons. The second kappa shape index (κ2) is 13.3. The van der Waals surface area contributed by atoms with E-state index < -0.39 is 5.60 Å². The number of nitrogens with one attached hydrogen (secondary N) is 2. The predicted molar refractivity (Wildman–Crippen MR) is 162 cm³/mol. The minimum Gasteiger partial charge on any atom is -0.444 e. The lowest BCUT2D eigenvalue weighted by molar-refractivity contribution is 0.0139. The molecule has 0 saturated carbocycles. The van der Waals surface area contributed by atoms with Crippen molar-refractivity contribution in [3.05, 3.63) is 66.0 Å². The summed E-state index contributed by atoms with van der Waals surface area (Å²) in [5.41, 5.74) is 5.37. The molecule has 1 fully saturated rings. The van der Waals surface area contributed by atoms with Gasteiger partial charge in [-0.1, -0.05) is 6.07 Å². The number of carbonyl (C=O) groups is 1. The van der Waals surface area contributed by atoms with Crippen molar-refractivity contribution in [3.8, 4) is 11.3 Å². The number of aromatic nitrogens is 5. The highest BCUT2D eigenvalue weighted by Crippen LogP contribution is 2.24. The summed E-state index contributed by atoms with van der Waals surface area (Å²) >= 11 is 0. The van der Waals surface area contributed by atoms with Crippen LogP contribution >= 0.6 is 0 Å². The predicted octanol–water partition coefficient (Wildman–Crippen LogP) is 4.51. The van der Waals surface area contributed by atoms with Gasteiger partial charge >= 0.3 is 6.09 Å². The number of anilines is 1. The van der Waals surface area contributed by atoms with Crippen molar-refractivity contribution >= 4 is 22.9 Å². The van der Waals surface area contributed by atoms with Crippen molar-refractivity contribution in [1.82, 2.24) is 34.7 Å². The van der Waals surface area contributed by atoms with Crippen molar-refractivity contribution in [3.63, 3.8) is 0 Å². The van der Waals surface area contributed by atoms with Crippen LogP contribution in [0.4, 0.5) is 10.6 Å². The first kappa shape index (κ1) is 29.4. The zero-order chi connectivity index (χ0) is 29.5. The molecular formula is C31H40N8O3. The highest BCUT2D eigenvalue weighted by molar-refractivity contribution is 5.81. The number of aromatic amines is 1. The minimum absolute atomic E-state index is 0.237. The van der Waals surface area contributed by atoms with E-state index in [2.05, 4.69) is 48.4 Å². The van der Waals surface area contributed by atoms with Gasteiger partial charge in [-0.15, -0.1) is 0 Å². The maximum absolute atomic E-state index is 12.4. The van der Waals surface area contributed by atoms with E-state index in [9.17, 15) is 4.79 Å². The monoisotopic (exact) mass is 572 g/mol. The molecule has 2 N–H and O–H groups in total. The van der Waals surface area contributed by atoms with Gasteiger partial charge in [-0.2, -0.15) is 0 Å². The summed E-state index contributed by atoms with van der Waals surface area (Å²) in [5, 5.41) is 3.32. The number of methoxy groups -OCH3 is 1. The smallest absolute Gasteiger partial charge is 0.410 e. The highest BCUT2D eigenvalue weighted by Gasteiger charge is 2.25. The molecule has 1 aliphatic heterocycles. The maximum Gasteiger partial charge on any atom is 0.410 e. The summed E-state index contributed by atoms with van der Waals surface area (Å²) in [7, 11) is 1.70. The van der Waals surface area contributed by atoms with Crippen molar-refractivity contribution in [1.29, 1.82) is 0 Å². The first-order valence-corrected chi connectivity index (χ1v) is 14.4. The molecule has 11 heteroatoms. The molecule has 42 heavy (non-hydrogen) atoms. The van der Waals surface area contributed by atoms with Crippen molar-refractivity contribution in [2.75, 3.05) is 51.8 Å². The van der Waals surface area contributed by atoms with Crippen molar-refractivity contribution in [2.45, 2.75) is 45.8 Å². The van der Waals surface area contributed by atoms with Gasteiger partial charge < -0.3 is 24.7 Å². The molecule has 1 aromatic carbocycles. The van der Waals surface area contributed by atoms with Crippen molar-refractivity contribution < 1.29 is 14.3 Å². The van der Waals surface area contributed by atoms with Crippen LogP contribution in [0.1, 0.15) is 44.3 Å².